The number of hydrogen-bond acceptors (Lipinski definition) is 5. The van der Waals surface area contributed by atoms with E-state index in [1.165, 1.54) is 6.92 Å². The summed E-state index contributed by atoms with van der Waals surface area (Å²) in [6, 6.07) is 13.2. The Morgan fingerprint density at radius 3 is 2.33 bits per heavy atom. The number of ether oxygens (including phenoxy) is 2. The Balaban J connectivity index is 1.74. The third-order valence-corrected chi connectivity index (χ3v) is 4.08. The van der Waals surface area contributed by atoms with Gasteiger partial charge in [0.2, 0.25) is 0 Å². The highest BCUT2D eigenvalue weighted by molar-refractivity contribution is 6.31. The summed E-state index contributed by atoms with van der Waals surface area (Å²) >= 11 is 6.08. The van der Waals surface area contributed by atoms with Gasteiger partial charge in [-0.3, -0.25) is 9.59 Å². The van der Waals surface area contributed by atoms with Crippen molar-refractivity contribution in [1.82, 2.24) is 5.32 Å². The molecule has 2 rings (SSSR count). The quantitative estimate of drug-likeness (QED) is 0.553. The predicted molar refractivity (Wildman–Crippen MR) is 101 cm³/mol. The number of nitrogens with one attached hydrogen (secondary N) is 1. The molecule has 0 saturated heterocycles. The van der Waals surface area contributed by atoms with E-state index in [1.807, 2.05) is 12.1 Å². The molecule has 0 heterocycles. The molecule has 0 bridgehead atoms. The number of hydrogen-bond donors (Lipinski definition) is 1. The first-order valence-corrected chi connectivity index (χ1v) is 8.68. The molecule has 7 heteroatoms. The van der Waals surface area contributed by atoms with E-state index >= 15 is 0 Å². The summed E-state index contributed by atoms with van der Waals surface area (Å²) in [5.74, 6) is -0.750. The van der Waals surface area contributed by atoms with E-state index in [0.717, 1.165) is 5.56 Å². The Bertz CT molecular complexity index is 819. The Kier molecular flexibility index (Phi) is 7.37. The zero-order valence-corrected chi connectivity index (χ0v) is 15.8. The van der Waals surface area contributed by atoms with Crippen LogP contribution in [0, 0.1) is 0 Å². The average molecular weight is 390 g/mol. The predicted octanol–water partition coefficient (Wildman–Crippen LogP) is 3.34. The van der Waals surface area contributed by atoms with Crippen LogP contribution in [0.1, 0.15) is 35.8 Å². The van der Waals surface area contributed by atoms with Crippen LogP contribution in [0.15, 0.2) is 48.5 Å². The van der Waals surface area contributed by atoms with E-state index in [-0.39, 0.29) is 18.4 Å². The van der Waals surface area contributed by atoms with E-state index in [1.54, 1.807) is 43.3 Å². The number of carbonyl (C=O) groups is 3. The molecule has 0 fully saturated rings. The van der Waals surface area contributed by atoms with Crippen LogP contribution >= 0.6 is 11.6 Å². The van der Waals surface area contributed by atoms with Crippen LogP contribution in [0.5, 0.6) is 5.75 Å². The number of benzene rings is 2. The van der Waals surface area contributed by atoms with Crippen molar-refractivity contribution >= 4 is 29.3 Å². The van der Waals surface area contributed by atoms with Crippen LogP contribution in [-0.2, 0) is 14.3 Å². The molecule has 0 aliphatic heterocycles. The van der Waals surface area contributed by atoms with E-state index in [4.69, 9.17) is 21.1 Å². The lowest BCUT2D eigenvalue weighted by atomic mass is 10.1. The molecule has 0 radical (unpaired) electrons. The molecule has 27 heavy (non-hydrogen) atoms. The number of carbonyl (C=O) groups excluding carboxylic acids is 3. The Morgan fingerprint density at radius 1 is 1.04 bits per heavy atom. The van der Waals surface area contributed by atoms with Gasteiger partial charge in [0.1, 0.15) is 5.75 Å². The summed E-state index contributed by atoms with van der Waals surface area (Å²) in [5, 5.41) is 3.26. The lowest BCUT2D eigenvalue weighted by molar-refractivity contribution is -0.150. The monoisotopic (exact) mass is 389 g/mol. The lowest BCUT2D eigenvalue weighted by Crippen LogP contribution is -2.32. The number of Topliss-reactive ketones (excluding diaryl/α,β-unsaturated/α-hetero) is 1. The molecule has 0 aliphatic rings. The fourth-order valence-electron chi connectivity index (χ4n) is 2.30. The largest absolute Gasteiger partial charge is 0.482 e. The van der Waals surface area contributed by atoms with Gasteiger partial charge in [0.25, 0.3) is 5.91 Å². The second-order valence-corrected chi connectivity index (χ2v) is 6.25. The van der Waals surface area contributed by atoms with Gasteiger partial charge >= 0.3 is 5.97 Å². The maximum atomic E-state index is 11.9. The zero-order chi connectivity index (χ0) is 19.8. The van der Waals surface area contributed by atoms with Crippen molar-refractivity contribution in [2.24, 2.45) is 0 Å². The highest BCUT2D eigenvalue weighted by atomic mass is 35.5. The molecular formula is C20H20ClNO5. The number of ketones is 1. The van der Waals surface area contributed by atoms with E-state index in [2.05, 4.69) is 5.32 Å². The van der Waals surface area contributed by atoms with Gasteiger partial charge in [0.05, 0.1) is 6.04 Å². The molecule has 1 amide bonds. The van der Waals surface area contributed by atoms with Gasteiger partial charge in [-0.25, -0.2) is 4.79 Å². The highest BCUT2D eigenvalue weighted by Crippen LogP contribution is 2.21. The van der Waals surface area contributed by atoms with Gasteiger partial charge in [-0.2, -0.15) is 0 Å². The third-order valence-electron chi connectivity index (χ3n) is 3.73. The van der Waals surface area contributed by atoms with Crippen LogP contribution < -0.4 is 10.1 Å². The fraction of sp³-hybridized carbons (Fsp3) is 0.250. The molecule has 1 N–H and O–H groups in total. The number of halogens is 1. The maximum absolute atomic E-state index is 11.9. The Labute approximate surface area is 162 Å². The summed E-state index contributed by atoms with van der Waals surface area (Å²) in [4.78, 5) is 34.8. The van der Waals surface area contributed by atoms with Crippen LogP contribution in [0.4, 0.5) is 0 Å². The van der Waals surface area contributed by atoms with Crippen molar-refractivity contribution in [2.75, 3.05) is 13.2 Å². The minimum Gasteiger partial charge on any atom is -0.482 e. The Hall–Kier alpha value is -2.86. The molecule has 1 atom stereocenters. The summed E-state index contributed by atoms with van der Waals surface area (Å²) in [6.45, 7) is 2.49. The van der Waals surface area contributed by atoms with Crippen molar-refractivity contribution < 1.29 is 23.9 Å². The summed E-state index contributed by atoms with van der Waals surface area (Å²) in [6.07, 6.45) is 0. The molecule has 6 nitrogen and oxygen atoms in total. The molecule has 0 aliphatic carbocycles. The highest BCUT2D eigenvalue weighted by Gasteiger charge is 2.14. The topological polar surface area (TPSA) is 81.7 Å². The maximum Gasteiger partial charge on any atom is 0.344 e. The van der Waals surface area contributed by atoms with Gasteiger partial charge in [-0.1, -0.05) is 29.8 Å². The number of esters is 1. The first-order chi connectivity index (χ1) is 12.9. The van der Waals surface area contributed by atoms with Gasteiger partial charge in [-0.05, 0) is 49.7 Å². The SMILES string of the molecule is CC(=O)c1ccc(OCC(=O)OCC(=O)N[C@@H](C)c2ccccc2Cl)cc1. The number of amides is 1. The molecule has 2 aromatic rings. The van der Waals surface area contributed by atoms with Gasteiger partial charge in [-0.15, -0.1) is 0 Å². The summed E-state index contributed by atoms with van der Waals surface area (Å²) in [5.41, 5.74) is 1.32. The van der Waals surface area contributed by atoms with Crippen molar-refractivity contribution in [1.29, 1.82) is 0 Å². The average Bonchev–Trinajstić information content (AvgIpc) is 2.65. The van der Waals surface area contributed by atoms with Crippen LogP contribution in [0.25, 0.3) is 0 Å². The fourth-order valence-corrected chi connectivity index (χ4v) is 2.60. The second kappa shape index (κ2) is 9.73. The van der Waals surface area contributed by atoms with Gasteiger partial charge in [0, 0.05) is 10.6 Å². The van der Waals surface area contributed by atoms with Crippen LogP contribution in [0.2, 0.25) is 5.02 Å². The normalized spacial score (nSPS) is 11.4. The zero-order valence-electron chi connectivity index (χ0n) is 15.0. The first kappa shape index (κ1) is 20.5. The number of rotatable bonds is 8. The molecule has 0 spiro atoms. The molecule has 0 unspecified atom stereocenters. The standard InChI is InChI=1S/C20H20ClNO5/c1-13(17-5-3-4-6-18(17)21)22-19(24)11-27-20(25)12-26-16-9-7-15(8-10-16)14(2)23/h3-10,13H,11-12H2,1-2H3,(H,22,24)/t13-/m0/s1. The summed E-state index contributed by atoms with van der Waals surface area (Å²) < 4.78 is 10.2. The molecule has 142 valence electrons. The molecular weight excluding hydrogens is 370 g/mol. The third kappa shape index (κ3) is 6.42. The van der Waals surface area contributed by atoms with Crippen LogP contribution in [-0.4, -0.2) is 30.9 Å². The minimum absolute atomic E-state index is 0.0574. The van der Waals surface area contributed by atoms with Crippen molar-refractivity contribution in [3.63, 3.8) is 0 Å². The van der Waals surface area contributed by atoms with E-state index < -0.39 is 18.5 Å². The van der Waals surface area contributed by atoms with Crippen molar-refractivity contribution in [2.45, 2.75) is 19.9 Å². The van der Waals surface area contributed by atoms with Crippen LogP contribution in [0.3, 0.4) is 0 Å². The summed E-state index contributed by atoms with van der Waals surface area (Å²) in [7, 11) is 0. The Morgan fingerprint density at radius 2 is 1.70 bits per heavy atom. The molecule has 2 aromatic carbocycles. The van der Waals surface area contributed by atoms with E-state index in [9.17, 15) is 14.4 Å². The van der Waals surface area contributed by atoms with Crippen molar-refractivity contribution in [3.8, 4) is 5.75 Å². The second-order valence-electron chi connectivity index (χ2n) is 5.84. The molecule has 0 saturated carbocycles. The van der Waals surface area contributed by atoms with Gasteiger partial charge in [0.15, 0.2) is 19.0 Å². The minimum atomic E-state index is -0.675. The van der Waals surface area contributed by atoms with Gasteiger partial charge < -0.3 is 14.8 Å². The first-order valence-electron chi connectivity index (χ1n) is 8.30. The van der Waals surface area contributed by atoms with Crippen molar-refractivity contribution in [3.05, 3.63) is 64.7 Å². The lowest BCUT2D eigenvalue weighted by Gasteiger charge is -2.15. The smallest absolute Gasteiger partial charge is 0.344 e. The van der Waals surface area contributed by atoms with E-state index in [0.29, 0.717) is 16.3 Å². The molecule has 0 aromatic heterocycles.